The first-order valence-corrected chi connectivity index (χ1v) is 10.2. The molecule has 0 radical (unpaired) electrons. The van der Waals surface area contributed by atoms with Crippen LogP contribution >= 0.6 is 11.6 Å². The number of halogens is 1. The zero-order valence-corrected chi connectivity index (χ0v) is 17.4. The van der Waals surface area contributed by atoms with Crippen LogP contribution in [0, 0.1) is 0 Å². The van der Waals surface area contributed by atoms with Crippen molar-refractivity contribution in [3.05, 3.63) is 93.9 Å². The van der Waals surface area contributed by atoms with Gasteiger partial charge in [0.1, 0.15) is 11.9 Å². The van der Waals surface area contributed by atoms with Crippen LogP contribution in [0.4, 0.5) is 0 Å². The molecular formula is C25H17ClN2O3. The van der Waals surface area contributed by atoms with E-state index in [-0.39, 0.29) is 11.2 Å². The third-order valence-electron chi connectivity index (χ3n) is 5.13. The maximum Gasteiger partial charge on any atom is 0.235 e. The van der Waals surface area contributed by atoms with E-state index in [9.17, 15) is 4.79 Å². The lowest BCUT2D eigenvalue weighted by Crippen LogP contribution is -2.08. The lowest BCUT2D eigenvalue weighted by atomic mass is 10.1. The molecule has 5 rings (SSSR count). The van der Waals surface area contributed by atoms with E-state index in [0.29, 0.717) is 38.6 Å². The van der Waals surface area contributed by atoms with Crippen LogP contribution in [0.2, 0.25) is 5.02 Å². The highest BCUT2D eigenvalue weighted by Gasteiger charge is 2.20. The SMILES string of the molecule is CCc1ccc2oc(-c3ccc(Cl)cc3)c(Oc3ncnc4ccccc34)c(=O)c2c1. The Morgan fingerprint density at radius 2 is 1.77 bits per heavy atom. The van der Waals surface area contributed by atoms with Crippen LogP contribution in [0.25, 0.3) is 33.2 Å². The molecule has 0 spiro atoms. The first-order chi connectivity index (χ1) is 15.1. The van der Waals surface area contributed by atoms with Crippen LogP contribution in [0.1, 0.15) is 12.5 Å². The highest BCUT2D eigenvalue weighted by atomic mass is 35.5. The van der Waals surface area contributed by atoms with Gasteiger partial charge in [0.15, 0.2) is 5.76 Å². The fourth-order valence-electron chi connectivity index (χ4n) is 3.49. The first kappa shape index (κ1) is 19.3. The van der Waals surface area contributed by atoms with Crippen molar-refractivity contribution in [3.8, 4) is 23.0 Å². The van der Waals surface area contributed by atoms with Crippen LogP contribution in [0.5, 0.6) is 11.6 Å². The average molecular weight is 429 g/mol. The standard InChI is InChI=1S/C25H17ClN2O3/c1-2-15-7-12-21-19(13-15)22(29)24(23(30-21)16-8-10-17(26)11-9-16)31-25-18-5-3-4-6-20(18)27-14-28-25/h3-14H,2H2,1H3. The van der Waals surface area contributed by atoms with E-state index < -0.39 is 0 Å². The molecule has 6 heteroatoms. The molecule has 0 aliphatic rings. The number of rotatable bonds is 4. The van der Waals surface area contributed by atoms with Crippen molar-refractivity contribution in [2.75, 3.05) is 0 Å². The van der Waals surface area contributed by atoms with Gasteiger partial charge in [-0.2, -0.15) is 0 Å². The van der Waals surface area contributed by atoms with Crippen LogP contribution in [0.3, 0.4) is 0 Å². The fourth-order valence-corrected chi connectivity index (χ4v) is 3.61. The highest BCUT2D eigenvalue weighted by molar-refractivity contribution is 6.30. The van der Waals surface area contributed by atoms with Crippen LogP contribution in [-0.2, 0) is 6.42 Å². The number of fused-ring (bicyclic) bond motifs is 2. The van der Waals surface area contributed by atoms with Gasteiger partial charge in [0.25, 0.3) is 0 Å². The second-order valence-electron chi connectivity index (χ2n) is 7.08. The number of para-hydroxylation sites is 1. The molecule has 5 nitrogen and oxygen atoms in total. The van der Waals surface area contributed by atoms with Crippen molar-refractivity contribution in [3.63, 3.8) is 0 Å². The molecule has 2 aromatic heterocycles. The van der Waals surface area contributed by atoms with E-state index >= 15 is 0 Å². The van der Waals surface area contributed by atoms with E-state index in [0.717, 1.165) is 17.5 Å². The Morgan fingerprint density at radius 1 is 0.968 bits per heavy atom. The molecule has 5 aromatic rings. The number of ether oxygens (including phenoxy) is 1. The molecule has 0 bridgehead atoms. The summed E-state index contributed by atoms with van der Waals surface area (Å²) in [6.07, 6.45) is 2.22. The third kappa shape index (κ3) is 3.53. The Hall–Kier alpha value is -3.70. The summed E-state index contributed by atoms with van der Waals surface area (Å²) < 4.78 is 12.3. The van der Waals surface area contributed by atoms with Crippen molar-refractivity contribution < 1.29 is 9.15 Å². The Kier molecular flexibility index (Phi) is 4.88. The van der Waals surface area contributed by atoms with Gasteiger partial charge in [-0.05, 0) is 60.5 Å². The van der Waals surface area contributed by atoms with E-state index in [1.807, 2.05) is 49.4 Å². The predicted molar refractivity (Wildman–Crippen MR) is 122 cm³/mol. The van der Waals surface area contributed by atoms with Gasteiger partial charge in [-0.15, -0.1) is 0 Å². The molecular weight excluding hydrogens is 412 g/mol. The molecule has 0 unspecified atom stereocenters. The normalized spacial score (nSPS) is 11.2. The Labute approximate surface area is 182 Å². The molecule has 2 heterocycles. The molecule has 0 atom stereocenters. The number of aromatic nitrogens is 2. The molecule has 0 saturated carbocycles. The van der Waals surface area contributed by atoms with Gasteiger partial charge in [0.05, 0.1) is 16.3 Å². The number of aryl methyl sites for hydroxylation is 1. The van der Waals surface area contributed by atoms with Gasteiger partial charge in [0.2, 0.25) is 17.1 Å². The molecule has 152 valence electrons. The van der Waals surface area contributed by atoms with Gasteiger partial charge in [-0.3, -0.25) is 4.79 Å². The summed E-state index contributed by atoms with van der Waals surface area (Å²) in [5, 5.41) is 1.75. The molecule has 0 aliphatic carbocycles. The van der Waals surface area contributed by atoms with Gasteiger partial charge >= 0.3 is 0 Å². The lowest BCUT2D eigenvalue weighted by Gasteiger charge is -2.12. The maximum absolute atomic E-state index is 13.5. The fraction of sp³-hybridized carbons (Fsp3) is 0.0800. The summed E-state index contributed by atoms with van der Waals surface area (Å²) >= 11 is 6.05. The summed E-state index contributed by atoms with van der Waals surface area (Å²) in [7, 11) is 0. The minimum Gasteiger partial charge on any atom is -0.452 e. The van der Waals surface area contributed by atoms with E-state index in [2.05, 4.69) is 9.97 Å². The lowest BCUT2D eigenvalue weighted by molar-refractivity contribution is 0.446. The Bertz CT molecular complexity index is 1470. The minimum atomic E-state index is -0.260. The molecule has 3 aromatic carbocycles. The number of hydrogen-bond donors (Lipinski definition) is 0. The number of nitrogens with zero attached hydrogens (tertiary/aromatic N) is 2. The molecule has 0 fully saturated rings. The van der Waals surface area contributed by atoms with E-state index in [1.54, 1.807) is 24.3 Å². The number of benzene rings is 3. The topological polar surface area (TPSA) is 65.2 Å². The molecule has 0 N–H and O–H groups in total. The minimum absolute atomic E-state index is 0.0759. The van der Waals surface area contributed by atoms with Crippen molar-refractivity contribution in [2.45, 2.75) is 13.3 Å². The monoisotopic (exact) mass is 428 g/mol. The van der Waals surface area contributed by atoms with Gasteiger partial charge in [-0.25, -0.2) is 9.97 Å². The van der Waals surface area contributed by atoms with E-state index in [4.69, 9.17) is 20.8 Å². The van der Waals surface area contributed by atoms with Crippen LogP contribution < -0.4 is 10.2 Å². The third-order valence-corrected chi connectivity index (χ3v) is 5.38. The van der Waals surface area contributed by atoms with Crippen LogP contribution in [-0.4, -0.2) is 9.97 Å². The second-order valence-corrected chi connectivity index (χ2v) is 7.51. The quantitative estimate of drug-likeness (QED) is 0.331. The second kappa shape index (κ2) is 7.85. The Balaban J connectivity index is 1.77. The number of hydrogen-bond acceptors (Lipinski definition) is 5. The highest BCUT2D eigenvalue weighted by Crippen LogP contribution is 2.35. The van der Waals surface area contributed by atoms with Gasteiger partial charge in [0, 0.05) is 10.6 Å². The van der Waals surface area contributed by atoms with Crippen molar-refractivity contribution in [1.82, 2.24) is 9.97 Å². The van der Waals surface area contributed by atoms with Gasteiger partial charge < -0.3 is 9.15 Å². The van der Waals surface area contributed by atoms with Crippen molar-refractivity contribution in [2.24, 2.45) is 0 Å². The van der Waals surface area contributed by atoms with Gasteiger partial charge in [-0.1, -0.05) is 36.7 Å². The molecule has 31 heavy (non-hydrogen) atoms. The molecule has 0 saturated heterocycles. The van der Waals surface area contributed by atoms with Crippen molar-refractivity contribution in [1.29, 1.82) is 0 Å². The average Bonchev–Trinajstić information content (AvgIpc) is 2.81. The summed E-state index contributed by atoms with van der Waals surface area (Å²) in [5.41, 5.74) is 2.67. The largest absolute Gasteiger partial charge is 0.452 e. The molecule has 0 aliphatic heterocycles. The zero-order valence-electron chi connectivity index (χ0n) is 16.6. The van der Waals surface area contributed by atoms with Crippen LogP contribution in [0.15, 0.2) is 82.3 Å². The summed E-state index contributed by atoms with van der Waals surface area (Å²) in [4.78, 5) is 22.1. The smallest absolute Gasteiger partial charge is 0.235 e. The maximum atomic E-state index is 13.5. The first-order valence-electron chi connectivity index (χ1n) is 9.87. The Morgan fingerprint density at radius 3 is 2.58 bits per heavy atom. The molecule has 0 amide bonds. The summed E-state index contributed by atoms with van der Waals surface area (Å²) in [6, 6.07) is 20.1. The predicted octanol–water partition coefficient (Wildman–Crippen LogP) is 6.41. The van der Waals surface area contributed by atoms with E-state index in [1.165, 1.54) is 6.33 Å². The van der Waals surface area contributed by atoms with Crippen molar-refractivity contribution >= 4 is 33.5 Å². The zero-order chi connectivity index (χ0) is 21.4. The summed E-state index contributed by atoms with van der Waals surface area (Å²) in [5.74, 6) is 0.687. The summed E-state index contributed by atoms with van der Waals surface area (Å²) in [6.45, 7) is 2.04.